The van der Waals surface area contributed by atoms with Crippen molar-refractivity contribution in [3.8, 4) is 0 Å². The summed E-state index contributed by atoms with van der Waals surface area (Å²) in [4.78, 5) is 37.1. The number of para-hydroxylation sites is 2. The third kappa shape index (κ3) is 3.20. The minimum atomic E-state index is -0.308. The number of nitrogens with one attached hydrogen (secondary N) is 3. The highest BCUT2D eigenvalue weighted by Gasteiger charge is 2.34. The molecule has 0 saturated carbocycles. The number of anilines is 1. The number of aromatic nitrogens is 5. The van der Waals surface area contributed by atoms with E-state index in [4.69, 9.17) is 0 Å². The predicted octanol–water partition coefficient (Wildman–Crippen LogP) is 2.29. The van der Waals surface area contributed by atoms with Crippen molar-refractivity contribution < 1.29 is 9.59 Å². The molecule has 2 aliphatic rings. The lowest BCUT2D eigenvalue weighted by molar-refractivity contribution is 0.0788. The normalized spacial score (nSPS) is 19.2. The van der Waals surface area contributed by atoms with Gasteiger partial charge in [-0.15, -0.1) is 10.2 Å². The molecule has 0 spiro atoms. The summed E-state index contributed by atoms with van der Waals surface area (Å²) >= 11 is 0. The van der Waals surface area contributed by atoms with Crippen LogP contribution < -0.4 is 5.32 Å². The highest BCUT2D eigenvalue weighted by Crippen LogP contribution is 2.32. The number of likely N-dealkylation sites (tertiary alicyclic amines) is 2. The van der Waals surface area contributed by atoms with E-state index in [1.807, 2.05) is 24.3 Å². The van der Waals surface area contributed by atoms with E-state index in [1.165, 1.54) is 0 Å². The molecule has 3 aromatic rings. The van der Waals surface area contributed by atoms with Crippen LogP contribution in [0.2, 0.25) is 0 Å². The van der Waals surface area contributed by atoms with E-state index < -0.39 is 0 Å². The minimum absolute atomic E-state index is 0.146. The van der Waals surface area contributed by atoms with E-state index in [0.29, 0.717) is 19.6 Å². The van der Waals surface area contributed by atoms with Crippen molar-refractivity contribution in [1.29, 1.82) is 0 Å². The molecule has 2 aliphatic heterocycles. The maximum Gasteiger partial charge on any atom is 0.323 e. The molecule has 10 nitrogen and oxygen atoms in total. The van der Waals surface area contributed by atoms with E-state index in [2.05, 4.69) is 30.7 Å². The van der Waals surface area contributed by atoms with Crippen molar-refractivity contribution >= 4 is 28.8 Å². The summed E-state index contributed by atoms with van der Waals surface area (Å²) in [5, 5.41) is 13.2. The number of carbonyl (C=O) groups excluding carboxylic acids is 2. The van der Waals surface area contributed by atoms with Crippen LogP contribution in [0.15, 0.2) is 24.3 Å². The predicted molar refractivity (Wildman–Crippen MR) is 105 cm³/mol. The van der Waals surface area contributed by atoms with Gasteiger partial charge in [0, 0.05) is 19.6 Å². The molecule has 4 heterocycles. The number of rotatable bonds is 3. The third-order valence-electron chi connectivity index (χ3n) is 5.61. The Morgan fingerprint density at radius 3 is 2.72 bits per heavy atom. The number of aromatic amines is 2. The van der Waals surface area contributed by atoms with Crippen LogP contribution in [0.25, 0.3) is 11.0 Å². The van der Waals surface area contributed by atoms with Crippen LogP contribution in [0.3, 0.4) is 0 Å². The largest absolute Gasteiger partial charge is 0.340 e. The molecule has 0 radical (unpaired) electrons. The zero-order valence-electron chi connectivity index (χ0n) is 15.9. The first kappa shape index (κ1) is 17.7. The van der Waals surface area contributed by atoms with Crippen LogP contribution in [0.5, 0.6) is 0 Å². The molecule has 0 aliphatic carbocycles. The number of imidazole rings is 1. The van der Waals surface area contributed by atoms with E-state index in [-0.39, 0.29) is 29.5 Å². The fourth-order valence-electron chi connectivity index (χ4n) is 4.13. The van der Waals surface area contributed by atoms with E-state index >= 15 is 0 Å². The number of urea groups is 1. The third-order valence-corrected chi connectivity index (χ3v) is 5.61. The molecule has 2 fully saturated rings. The summed E-state index contributed by atoms with van der Waals surface area (Å²) in [6.07, 6.45) is 3.68. The van der Waals surface area contributed by atoms with Crippen LogP contribution in [-0.2, 0) is 0 Å². The smallest absolute Gasteiger partial charge is 0.323 e. The summed E-state index contributed by atoms with van der Waals surface area (Å²) in [7, 11) is 0. The minimum Gasteiger partial charge on any atom is -0.340 e. The van der Waals surface area contributed by atoms with Gasteiger partial charge >= 0.3 is 6.03 Å². The average Bonchev–Trinajstić information content (AvgIpc) is 3.53. The van der Waals surface area contributed by atoms with E-state index in [0.717, 1.165) is 42.5 Å². The monoisotopic (exact) mass is 394 g/mol. The highest BCUT2D eigenvalue weighted by atomic mass is 16.2. The van der Waals surface area contributed by atoms with Gasteiger partial charge in [-0.05, 0) is 37.8 Å². The van der Waals surface area contributed by atoms with E-state index in [9.17, 15) is 9.59 Å². The van der Waals surface area contributed by atoms with Gasteiger partial charge in [0.25, 0.3) is 5.91 Å². The Balaban J connectivity index is 1.34. The number of benzene rings is 1. The van der Waals surface area contributed by atoms with Crippen LogP contribution in [0.1, 0.15) is 48.0 Å². The van der Waals surface area contributed by atoms with E-state index in [1.54, 1.807) is 9.80 Å². The quantitative estimate of drug-likeness (QED) is 0.629. The van der Waals surface area contributed by atoms with Crippen molar-refractivity contribution in [2.24, 2.45) is 0 Å². The fourth-order valence-corrected chi connectivity index (χ4v) is 4.13. The van der Waals surface area contributed by atoms with Gasteiger partial charge in [-0.1, -0.05) is 12.1 Å². The zero-order chi connectivity index (χ0) is 19.8. The fraction of sp³-hybridized carbons (Fsp3) is 0.421. The Morgan fingerprint density at radius 1 is 1.07 bits per heavy atom. The Kier molecular flexibility index (Phi) is 4.38. The zero-order valence-corrected chi connectivity index (χ0v) is 15.9. The van der Waals surface area contributed by atoms with Gasteiger partial charge in [0.15, 0.2) is 11.5 Å². The molecular formula is C19H22N8O2. The molecule has 1 atom stereocenters. The first-order valence-electron chi connectivity index (χ1n) is 9.93. The second-order valence-corrected chi connectivity index (χ2v) is 7.44. The van der Waals surface area contributed by atoms with Crippen molar-refractivity contribution in [3.63, 3.8) is 0 Å². The molecule has 5 rings (SSSR count). The molecule has 29 heavy (non-hydrogen) atoms. The van der Waals surface area contributed by atoms with Crippen molar-refractivity contribution in [1.82, 2.24) is 35.2 Å². The number of H-pyrrole nitrogens is 2. The second kappa shape index (κ2) is 7.19. The Hall–Kier alpha value is -3.43. The first-order chi connectivity index (χ1) is 14.2. The maximum absolute atomic E-state index is 13.0. The molecule has 10 heteroatoms. The lowest BCUT2D eigenvalue weighted by atomic mass is 10.2. The summed E-state index contributed by atoms with van der Waals surface area (Å²) < 4.78 is 0. The topological polar surface area (TPSA) is 123 Å². The van der Waals surface area contributed by atoms with Crippen LogP contribution in [0.4, 0.5) is 10.6 Å². The number of amides is 3. The number of nitrogens with zero attached hydrogens (tertiary/aromatic N) is 5. The summed E-state index contributed by atoms with van der Waals surface area (Å²) in [6, 6.07) is 7.35. The van der Waals surface area contributed by atoms with Crippen molar-refractivity contribution in [3.05, 3.63) is 35.8 Å². The highest BCUT2D eigenvalue weighted by molar-refractivity contribution is 6.00. The molecular weight excluding hydrogens is 372 g/mol. The van der Waals surface area contributed by atoms with Gasteiger partial charge in [0.1, 0.15) is 5.82 Å². The van der Waals surface area contributed by atoms with Crippen LogP contribution in [0, 0.1) is 0 Å². The van der Waals surface area contributed by atoms with Crippen molar-refractivity contribution in [2.75, 3.05) is 25.0 Å². The molecule has 3 amide bonds. The second-order valence-electron chi connectivity index (χ2n) is 7.44. The molecule has 1 aromatic carbocycles. The first-order valence-corrected chi connectivity index (χ1v) is 9.93. The van der Waals surface area contributed by atoms with Gasteiger partial charge in [0.2, 0.25) is 0 Å². The molecule has 0 bridgehead atoms. The van der Waals surface area contributed by atoms with Crippen molar-refractivity contribution in [2.45, 2.75) is 31.7 Å². The lowest BCUT2D eigenvalue weighted by Crippen LogP contribution is -2.36. The Labute approximate surface area is 166 Å². The summed E-state index contributed by atoms with van der Waals surface area (Å²) in [5.41, 5.74) is 1.98. The van der Waals surface area contributed by atoms with Gasteiger partial charge < -0.3 is 14.8 Å². The number of hydrogen-bond donors (Lipinski definition) is 3. The average molecular weight is 394 g/mol. The maximum atomic E-state index is 13.0. The van der Waals surface area contributed by atoms with Crippen LogP contribution >= 0.6 is 0 Å². The lowest BCUT2D eigenvalue weighted by Gasteiger charge is -2.23. The molecule has 3 N–H and O–H groups in total. The molecule has 1 unspecified atom stereocenters. The van der Waals surface area contributed by atoms with Gasteiger partial charge in [0.05, 0.1) is 17.1 Å². The molecule has 150 valence electrons. The van der Waals surface area contributed by atoms with Gasteiger partial charge in [-0.2, -0.15) is 5.21 Å². The van der Waals surface area contributed by atoms with Gasteiger partial charge in [-0.25, -0.2) is 9.78 Å². The number of carbonyl (C=O) groups is 2. The molecule has 2 saturated heterocycles. The number of fused-ring (bicyclic) bond motifs is 1. The SMILES string of the molecule is O=C(c1n[nH]nc1NC(=O)N1CCCC1c1nc2ccccc2[nH]1)N1CCCC1. The summed E-state index contributed by atoms with van der Waals surface area (Å²) in [5.74, 6) is 0.733. The molecule has 2 aromatic heterocycles. The summed E-state index contributed by atoms with van der Waals surface area (Å²) in [6.45, 7) is 2.03. The van der Waals surface area contributed by atoms with Crippen LogP contribution in [-0.4, -0.2) is 66.8 Å². The van der Waals surface area contributed by atoms with Gasteiger partial charge in [-0.3, -0.25) is 10.1 Å². The number of hydrogen-bond acceptors (Lipinski definition) is 5. The Morgan fingerprint density at radius 2 is 1.90 bits per heavy atom. The standard InChI is InChI=1S/C19H22N8O2/c28-18(26-9-3-4-10-26)15-17(24-25-23-15)22-19(29)27-11-5-8-14(27)16-20-12-6-1-2-7-13(12)21-16/h1-2,6-7,14H,3-5,8-11H2,(H,20,21)(H2,22,23,24,25,29). The Bertz CT molecular complexity index is 1020.